The Kier molecular flexibility index (Phi) is 4.37. The number of benzene rings is 1. The Morgan fingerprint density at radius 2 is 2.37 bits per heavy atom. The number of rotatable bonds is 3. The molecule has 1 amide bonds. The van der Waals surface area contributed by atoms with Gasteiger partial charge in [-0.1, -0.05) is 6.92 Å². The van der Waals surface area contributed by atoms with Crippen molar-refractivity contribution in [3.05, 3.63) is 24.0 Å². The number of piperidine rings is 1. The largest absolute Gasteiger partial charge is 0.396 e. The number of amides is 1. The first kappa shape index (κ1) is 13.8. The van der Waals surface area contributed by atoms with Gasteiger partial charge in [0.2, 0.25) is 5.91 Å². The molecule has 1 unspecified atom stereocenters. The van der Waals surface area contributed by atoms with Crippen molar-refractivity contribution in [1.82, 2.24) is 4.90 Å². The third-order valence-corrected chi connectivity index (χ3v) is 3.39. The number of carbonyl (C=O) groups excluding carboxylic acids is 1. The average molecular weight is 265 g/mol. The van der Waals surface area contributed by atoms with Crippen LogP contribution < -0.4 is 11.1 Å². The summed E-state index contributed by atoms with van der Waals surface area (Å²) in [5, 5.41) is 2.74. The predicted molar refractivity (Wildman–Crippen MR) is 74.3 cm³/mol. The van der Waals surface area contributed by atoms with Crippen molar-refractivity contribution in [2.45, 2.75) is 19.8 Å². The molecule has 1 heterocycles. The second-order valence-electron chi connectivity index (χ2n) is 5.27. The Morgan fingerprint density at radius 3 is 3.05 bits per heavy atom. The van der Waals surface area contributed by atoms with Gasteiger partial charge in [-0.05, 0) is 43.5 Å². The van der Waals surface area contributed by atoms with E-state index in [1.165, 1.54) is 24.6 Å². The van der Waals surface area contributed by atoms with Crippen LogP contribution in [0, 0.1) is 11.7 Å². The predicted octanol–water partition coefficient (Wildman–Crippen LogP) is 2.08. The minimum atomic E-state index is -0.470. The fraction of sp³-hybridized carbons (Fsp3) is 0.500. The van der Waals surface area contributed by atoms with Crippen molar-refractivity contribution in [2.24, 2.45) is 5.92 Å². The Hall–Kier alpha value is -1.62. The second-order valence-corrected chi connectivity index (χ2v) is 5.27. The third-order valence-electron chi connectivity index (χ3n) is 3.39. The monoisotopic (exact) mass is 265 g/mol. The topological polar surface area (TPSA) is 58.4 Å². The Bertz CT molecular complexity index is 464. The van der Waals surface area contributed by atoms with Gasteiger partial charge in [0, 0.05) is 12.2 Å². The van der Waals surface area contributed by atoms with E-state index in [-0.39, 0.29) is 11.6 Å². The molecular weight excluding hydrogens is 245 g/mol. The fourth-order valence-corrected chi connectivity index (χ4v) is 2.46. The highest BCUT2D eigenvalue weighted by Gasteiger charge is 2.18. The number of halogens is 1. The van der Waals surface area contributed by atoms with Gasteiger partial charge in [0.25, 0.3) is 0 Å². The second kappa shape index (κ2) is 6.02. The first-order valence-corrected chi connectivity index (χ1v) is 6.62. The Labute approximate surface area is 112 Å². The van der Waals surface area contributed by atoms with Gasteiger partial charge >= 0.3 is 0 Å². The van der Waals surface area contributed by atoms with Gasteiger partial charge < -0.3 is 11.1 Å². The van der Waals surface area contributed by atoms with Crippen LogP contribution in [-0.2, 0) is 4.79 Å². The van der Waals surface area contributed by atoms with Crippen molar-refractivity contribution in [3.8, 4) is 0 Å². The number of nitrogens with one attached hydrogen (secondary N) is 1. The normalized spacial score (nSPS) is 20.2. The molecular formula is C14H20FN3O. The van der Waals surface area contributed by atoms with Gasteiger partial charge in [-0.3, -0.25) is 9.69 Å². The molecule has 104 valence electrons. The Morgan fingerprint density at radius 1 is 1.58 bits per heavy atom. The molecule has 0 saturated carbocycles. The van der Waals surface area contributed by atoms with Crippen LogP contribution in [0.25, 0.3) is 0 Å². The van der Waals surface area contributed by atoms with Crippen LogP contribution in [0.3, 0.4) is 0 Å². The van der Waals surface area contributed by atoms with E-state index >= 15 is 0 Å². The van der Waals surface area contributed by atoms with Crippen LogP contribution in [0.1, 0.15) is 19.8 Å². The highest BCUT2D eigenvalue weighted by Crippen LogP contribution is 2.17. The maximum Gasteiger partial charge on any atom is 0.238 e. The van der Waals surface area contributed by atoms with Gasteiger partial charge in [-0.25, -0.2) is 4.39 Å². The summed E-state index contributed by atoms with van der Waals surface area (Å²) in [4.78, 5) is 14.0. The molecule has 1 atom stereocenters. The summed E-state index contributed by atoms with van der Waals surface area (Å²) in [7, 11) is 0. The summed E-state index contributed by atoms with van der Waals surface area (Å²) in [6.07, 6.45) is 2.37. The molecule has 0 spiro atoms. The SMILES string of the molecule is CC1CCCN(CC(=O)Nc2ccc(F)c(N)c2)C1. The Balaban J connectivity index is 1.88. The molecule has 1 aliphatic rings. The van der Waals surface area contributed by atoms with Gasteiger partial charge in [-0.2, -0.15) is 0 Å². The number of carbonyl (C=O) groups is 1. The zero-order chi connectivity index (χ0) is 13.8. The molecule has 0 radical (unpaired) electrons. The van der Waals surface area contributed by atoms with Crippen molar-refractivity contribution >= 4 is 17.3 Å². The number of hydrogen-bond donors (Lipinski definition) is 2. The summed E-state index contributed by atoms with van der Waals surface area (Å²) in [5.41, 5.74) is 6.04. The highest BCUT2D eigenvalue weighted by molar-refractivity contribution is 5.92. The maximum absolute atomic E-state index is 13.0. The molecule has 1 aromatic rings. The highest BCUT2D eigenvalue weighted by atomic mass is 19.1. The molecule has 0 aliphatic carbocycles. The molecule has 4 nitrogen and oxygen atoms in total. The quantitative estimate of drug-likeness (QED) is 0.823. The summed E-state index contributed by atoms with van der Waals surface area (Å²) in [6, 6.07) is 4.21. The number of likely N-dealkylation sites (tertiary alicyclic amines) is 1. The first-order chi connectivity index (χ1) is 9.04. The van der Waals surface area contributed by atoms with E-state index in [1.54, 1.807) is 0 Å². The first-order valence-electron chi connectivity index (χ1n) is 6.62. The molecule has 3 N–H and O–H groups in total. The van der Waals surface area contributed by atoms with E-state index in [4.69, 9.17) is 5.73 Å². The van der Waals surface area contributed by atoms with Crippen molar-refractivity contribution < 1.29 is 9.18 Å². The van der Waals surface area contributed by atoms with Crippen LogP contribution in [0.5, 0.6) is 0 Å². The van der Waals surface area contributed by atoms with Crippen LogP contribution >= 0.6 is 0 Å². The van der Waals surface area contributed by atoms with Crippen molar-refractivity contribution in [1.29, 1.82) is 0 Å². The van der Waals surface area contributed by atoms with Crippen LogP contribution in [0.4, 0.5) is 15.8 Å². The summed E-state index contributed by atoms with van der Waals surface area (Å²) in [6.45, 7) is 4.49. The van der Waals surface area contributed by atoms with Gasteiger partial charge in [-0.15, -0.1) is 0 Å². The lowest BCUT2D eigenvalue weighted by Gasteiger charge is -2.30. The zero-order valence-corrected chi connectivity index (χ0v) is 11.2. The number of nitrogens with two attached hydrogens (primary N) is 1. The molecule has 1 aromatic carbocycles. The molecule has 1 saturated heterocycles. The number of anilines is 2. The lowest BCUT2D eigenvalue weighted by molar-refractivity contribution is -0.117. The summed E-state index contributed by atoms with van der Waals surface area (Å²) in [5.74, 6) is 0.0889. The number of hydrogen-bond acceptors (Lipinski definition) is 3. The standard InChI is InChI=1S/C14H20FN3O/c1-10-3-2-6-18(8-10)9-14(19)17-11-4-5-12(15)13(16)7-11/h4-5,7,10H,2-3,6,8-9,16H2,1H3,(H,17,19). The maximum atomic E-state index is 13.0. The van der Waals surface area contributed by atoms with E-state index in [1.807, 2.05) is 0 Å². The van der Waals surface area contributed by atoms with Crippen molar-refractivity contribution in [2.75, 3.05) is 30.7 Å². The van der Waals surface area contributed by atoms with Crippen LogP contribution in [0.15, 0.2) is 18.2 Å². The summed E-state index contributed by atoms with van der Waals surface area (Å²) < 4.78 is 13.0. The fourth-order valence-electron chi connectivity index (χ4n) is 2.46. The summed E-state index contributed by atoms with van der Waals surface area (Å²) >= 11 is 0. The van der Waals surface area contributed by atoms with E-state index in [2.05, 4.69) is 17.1 Å². The minimum absolute atomic E-state index is 0.0457. The molecule has 19 heavy (non-hydrogen) atoms. The van der Waals surface area contributed by atoms with E-state index in [0.717, 1.165) is 19.5 Å². The third kappa shape index (κ3) is 3.92. The molecule has 1 aliphatic heterocycles. The van der Waals surface area contributed by atoms with Crippen molar-refractivity contribution in [3.63, 3.8) is 0 Å². The smallest absolute Gasteiger partial charge is 0.238 e. The molecule has 0 aromatic heterocycles. The molecule has 0 bridgehead atoms. The van der Waals surface area contributed by atoms with Gasteiger partial charge in [0.1, 0.15) is 5.82 Å². The lowest BCUT2D eigenvalue weighted by atomic mass is 10.0. The van der Waals surface area contributed by atoms with Gasteiger partial charge in [0.05, 0.1) is 12.2 Å². The lowest BCUT2D eigenvalue weighted by Crippen LogP contribution is -2.39. The number of nitrogen functional groups attached to an aromatic ring is 1. The van der Waals surface area contributed by atoms with E-state index in [9.17, 15) is 9.18 Å². The van der Waals surface area contributed by atoms with E-state index < -0.39 is 5.82 Å². The molecule has 1 fully saturated rings. The van der Waals surface area contributed by atoms with E-state index in [0.29, 0.717) is 18.2 Å². The number of nitrogens with zero attached hydrogens (tertiary/aromatic N) is 1. The zero-order valence-electron chi connectivity index (χ0n) is 11.2. The van der Waals surface area contributed by atoms with Gasteiger partial charge in [0.15, 0.2) is 0 Å². The average Bonchev–Trinajstić information content (AvgIpc) is 2.34. The van der Waals surface area contributed by atoms with Crippen LogP contribution in [0.2, 0.25) is 0 Å². The minimum Gasteiger partial charge on any atom is -0.396 e. The molecule has 5 heteroatoms. The van der Waals surface area contributed by atoms with Crippen LogP contribution in [-0.4, -0.2) is 30.4 Å². The molecule has 2 rings (SSSR count).